The number of hydrogen-bond acceptors (Lipinski definition) is 3. The smallest absolute Gasteiger partial charge is 0.132 e. The van der Waals surface area contributed by atoms with Gasteiger partial charge in [0.1, 0.15) is 5.82 Å². The lowest BCUT2D eigenvalue weighted by molar-refractivity contribution is 0.595. The van der Waals surface area contributed by atoms with Crippen molar-refractivity contribution in [3.05, 3.63) is 18.1 Å². The number of nitrogens with zero attached hydrogens (tertiary/aromatic N) is 2. The van der Waals surface area contributed by atoms with Crippen LogP contribution in [0.3, 0.4) is 0 Å². The van der Waals surface area contributed by atoms with E-state index >= 15 is 0 Å². The maximum atomic E-state index is 4.27. The Morgan fingerprint density at radius 3 is 2.58 bits per heavy atom. The molecule has 1 heterocycles. The van der Waals surface area contributed by atoms with Crippen molar-refractivity contribution in [1.82, 2.24) is 9.97 Å². The third-order valence-corrected chi connectivity index (χ3v) is 2.26. The fourth-order valence-corrected chi connectivity index (χ4v) is 1.38. The molecule has 0 spiro atoms. The van der Waals surface area contributed by atoms with Crippen LogP contribution in [0, 0.1) is 0 Å². The van der Waals surface area contributed by atoms with Gasteiger partial charge in [0.05, 0.1) is 5.03 Å². The normalized spacial score (nSPS) is 10.7. The number of rotatable bonds is 3. The van der Waals surface area contributed by atoms with Gasteiger partial charge in [-0.3, -0.25) is 0 Å². The zero-order valence-electron chi connectivity index (χ0n) is 7.49. The van der Waals surface area contributed by atoms with Crippen LogP contribution in [0.25, 0.3) is 0 Å². The molecule has 0 radical (unpaired) electrons. The van der Waals surface area contributed by atoms with E-state index in [0.717, 1.165) is 23.7 Å². The molecule has 0 N–H and O–H groups in total. The van der Waals surface area contributed by atoms with E-state index in [2.05, 4.69) is 36.4 Å². The maximum Gasteiger partial charge on any atom is 0.132 e. The van der Waals surface area contributed by atoms with Crippen molar-refractivity contribution in [2.45, 2.75) is 37.6 Å². The van der Waals surface area contributed by atoms with Crippen molar-refractivity contribution in [2.75, 3.05) is 0 Å². The van der Waals surface area contributed by atoms with Crippen molar-refractivity contribution >= 4 is 12.6 Å². The molecule has 0 saturated heterocycles. The van der Waals surface area contributed by atoms with Gasteiger partial charge in [-0.15, -0.1) is 12.6 Å². The highest BCUT2D eigenvalue weighted by atomic mass is 32.1. The molecule has 0 aromatic carbocycles. The van der Waals surface area contributed by atoms with Crippen LogP contribution in [0.4, 0.5) is 0 Å². The molecule has 3 heteroatoms. The van der Waals surface area contributed by atoms with E-state index in [4.69, 9.17) is 0 Å². The first-order valence-electron chi connectivity index (χ1n) is 4.29. The summed E-state index contributed by atoms with van der Waals surface area (Å²) in [6.45, 7) is 4.31. The second kappa shape index (κ2) is 4.45. The Morgan fingerprint density at radius 1 is 1.42 bits per heavy atom. The molecule has 0 unspecified atom stereocenters. The molecule has 0 atom stereocenters. The van der Waals surface area contributed by atoms with E-state index in [1.807, 2.05) is 0 Å². The van der Waals surface area contributed by atoms with Crippen molar-refractivity contribution in [3.63, 3.8) is 0 Å². The zero-order valence-corrected chi connectivity index (χ0v) is 8.38. The van der Waals surface area contributed by atoms with Crippen LogP contribution in [-0.4, -0.2) is 9.97 Å². The van der Waals surface area contributed by atoms with Crippen LogP contribution in [0.2, 0.25) is 0 Å². The van der Waals surface area contributed by atoms with Gasteiger partial charge < -0.3 is 0 Å². The Bertz CT molecular complexity index is 246. The quantitative estimate of drug-likeness (QED) is 0.574. The minimum Gasteiger partial charge on any atom is -0.241 e. The summed E-state index contributed by atoms with van der Waals surface area (Å²) in [5.74, 6) is 1.41. The fourth-order valence-electron chi connectivity index (χ4n) is 1.21. The molecule has 0 amide bonds. The minimum atomic E-state index is 0.483. The summed E-state index contributed by atoms with van der Waals surface area (Å²) in [7, 11) is 0. The van der Waals surface area contributed by atoms with Crippen LogP contribution in [0.1, 0.15) is 38.4 Å². The molecular weight excluding hydrogens is 168 g/mol. The van der Waals surface area contributed by atoms with E-state index in [-0.39, 0.29) is 0 Å². The second-order valence-corrected chi connectivity index (χ2v) is 3.24. The summed E-state index contributed by atoms with van der Waals surface area (Å²) >= 11 is 4.18. The van der Waals surface area contributed by atoms with Gasteiger partial charge in [-0.05, 0) is 18.9 Å². The first-order chi connectivity index (χ1) is 5.77. The third kappa shape index (κ3) is 2.21. The number of hydrogen-bond donors (Lipinski definition) is 1. The molecule has 12 heavy (non-hydrogen) atoms. The predicted molar refractivity (Wildman–Crippen MR) is 52.6 cm³/mol. The minimum absolute atomic E-state index is 0.483. The van der Waals surface area contributed by atoms with Gasteiger partial charge in [0.15, 0.2) is 0 Å². The van der Waals surface area contributed by atoms with Gasteiger partial charge in [-0.2, -0.15) is 0 Å². The summed E-state index contributed by atoms with van der Waals surface area (Å²) in [6.07, 6.45) is 3.95. The van der Waals surface area contributed by atoms with Gasteiger partial charge >= 0.3 is 0 Å². The molecule has 0 aliphatic heterocycles. The average molecular weight is 182 g/mol. The van der Waals surface area contributed by atoms with Crippen LogP contribution >= 0.6 is 12.6 Å². The molecule has 0 aliphatic rings. The van der Waals surface area contributed by atoms with E-state index < -0.39 is 0 Å². The van der Waals surface area contributed by atoms with Gasteiger partial charge in [0, 0.05) is 12.1 Å². The standard InChI is InChI=1S/C9H14N2S/c1-3-7(4-2)9-10-6-5-8(12)11-9/h5-7H,3-4H2,1-2H3,(H,10,11,12). The highest BCUT2D eigenvalue weighted by Crippen LogP contribution is 2.19. The van der Waals surface area contributed by atoms with E-state index in [0.29, 0.717) is 5.92 Å². The van der Waals surface area contributed by atoms with Gasteiger partial charge in [0.2, 0.25) is 0 Å². The average Bonchev–Trinajstić information content (AvgIpc) is 2.07. The first kappa shape index (κ1) is 9.52. The zero-order chi connectivity index (χ0) is 8.97. The highest BCUT2D eigenvalue weighted by molar-refractivity contribution is 7.80. The summed E-state index contributed by atoms with van der Waals surface area (Å²) in [4.78, 5) is 8.49. The molecule has 1 rings (SSSR count). The van der Waals surface area contributed by atoms with Crippen molar-refractivity contribution in [2.24, 2.45) is 0 Å². The fraction of sp³-hybridized carbons (Fsp3) is 0.556. The van der Waals surface area contributed by atoms with Crippen LogP contribution < -0.4 is 0 Å². The molecule has 2 nitrogen and oxygen atoms in total. The van der Waals surface area contributed by atoms with Crippen molar-refractivity contribution in [3.8, 4) is 0 Å². The molecule has 0 aliphatic carbocycles. The summed E-state index contributed by atoms with van der Waals surface area (Å²) in [6, 6.07) is 1.80. The Labute approximate surface area is 78.9 Å². The van der Waals surface area contributed by atoms with Crippen LogP contribution in [-0.2, 0) is 0 Å². The number of thiol groups is 1. The summed E-state index contributed by atoms with van der Waals surface area (Å²) in [5.41, 5.74) is 0. The SMILES string of the molecule is CCC(CC)c1nccc(S)n1. The van der Waals surface area contributed by atoms with Crippen LogP contribution in [0.5, 0.6) is 0 Å². The summed E-state index contributed by atoms with van der Waals surface area (Å²) in [5, 5.41) is 0.756. The highest BCUT2D eigenvalue weighted by Gasteiger charge is 2.09. The molecule has 0 fully saturated rings. The monoisotopic (exact) mass is 182 g/mol. The number of aromatic nitrogens is 2. The molecule has 1 aromatic rings. The van der Waals surface area contributed by atoms with Crippen LogP contribution in [0.15, 0.2) is 17.3 Å². The lowest BCUT2D eigenvalue weighted by Crippen LogP contribution is -2.01. The second-order valence-electron chi connectivity index (χ2n) is 2.79. The Hall–Kier alpha value is -0.570. The molecule has 0 saturated carbocycles. The van der Waals surface area contributed by atoms with Gasteiger partial charge in [-0.25, -0.2) is 9.97 Å². The van der Waals surface area contributed by atoms with E-state index in [1.54, 1.807) is 12.3 Å². The Balaban J connectivity index is 2.85. The third-order valence-electron chi connectivity index (χ3n) is 2.01. The maximum absolute atomic E-state index is 4.27. The predicted octanol–water partition coefficient (Wildman–Crippen LogP) is 2.67. The lowest BCUT2D eigenvalue weighted by Gasteiger charge is -2.09. The molecule has 0 bridgehead atoms. The topological polar surface area (TPSA) is 25.8 Å². The van der Waals surface area contributed by atoms with E-state index in [9.17, 15) is 0 Å². The van der Waals surface area contributed by atoms with Crippen molar-refractivity contribution < 1.29 is 0 Å². The lowest BCUT2D eigenvalue weighted by atomic mass is 10.0. The molecule has 1 aromatic heterocycles. The van der Waals surface area contributed by atoms with Gasteiger partial charge in [-0.1, -0.05) is 13.8 Å². The molecule has 66 valence electrons. The van der Waals surface area contributed by atoms with Gasteiger partial charge in [0.25, 0.3) is 0 Å². The largest absolute Gasteiger partial charge is 0.241 e. The Morgan fingerprint density at radius 2 is 2.08 bits per heavy atom. The summed E-state index contributed by atoms with van der Waals surface area (Å²) < 4.78 is 0. The Kier molecular flexibility index (Phi) is 3.53. The first-order valence-corrected chi connectivity index (χ1v) is 4.74. The van der Waals surface area contributed by atoms with E-state index in [1.165, 1.54) is 0 Å². The van der Waals surface area contributed by atoms with Crippen molar-refractivity contribution in [1.29, 1.82) is 0 Å². The molecular formula is C9H14N2S.